The van der Waals surface area contributed by atoms with Crippen LogP contribution in [0.4, 0.5) is 0 Å². The summed E-state index contributed by atoms with van der Waals surface area (Å²) in [7, 11) is 3.09. The summed E-state index contributed by atoms with van der Waals surface area (Å²) in [4.78, 5) is 28.1. The van der Waals surface area contributed by atoms with Gasteiger partial charge in [0.05, 0.1) is 32.3 Å². The Morgan fingerprint density at radius 2 is 1.88 bits per heavy atom. The van der Waals surface area contributed by atoms with E-state index in [2.05, 4.69) is 11.8 Å². The maximum absolute atomic E-state index is 12.6. The number of ether oxygens (including phenoxy) is 2. The van der Waals surface area contributed by atoms with Gasteiger partial charge in [-0.2, -0.15) is 0 Å². The van der Waals surface area contributed by atoms with Crippen LogP contribution in [-0.2, 0) is 14.3 Å². The van der Waals surface area contributed by atoms with Crippen LogP contribution in [0.3, 0.4) is 0 Å². The van der Waals surface area contributed by atoms with Crippen molar-refractivity contribution in [2.75, 3.05) is 40.5 Å². The van der Waals surface area contributed by atoms with Crippen LogP contribution in [0.1, 0.15) is 22.6 Å². The zero-order valence-electron chi connectivity index (χ0n) is 18.2. The summed E-state index contributed by atoms with van der Waals surface area (Å²) in [6.07, 6.45) is 0. The summed E-state index contributed by atoms with van der Waals surface area (Å²) < 4.78 is 10.2. The van der Waals surface area contributed by atoms with Gasteiger partial charge in [-0.1, -0.05) is 30.0 Å². The average molecular weight is 434 g/mol. The molecule has 2 aromatic carbocycles. The number of aliphatic hydroxyl groups is 1. The standard InChI is InChI=1S/C25H26N2O5/c1-31-16-24(30)26-13-21-25(22(15-28)27(21)23(29)14-26)19-10-8-17(9-11-19)6-7-18-4-3-5-20(12-18)32-2/h3-5,8-12,21-22,25,28H,13-16H2,1-2H3/t21-,22-,25+/m1/s1. The molecule has 0 aliphatic carbocycles. The van der Waals surface area contributed by atoms with Crippen molar-refractivity contribution >= 4 is 11.8 Å². The van der Waals surface area contributed by atoms with Gasteiger partial charge in [-0.3, -0.25) is 9.59 Å². The lowest BCUT2D eigenvalue weighted by atomic mass is 9.73. The Labute approximate surface area is 187 Å². The minimum absolute atomic E-state index is 0.0285. The van der Waals surface area contributed by atoms with Gasteiger partial charge in [0.15, 0.2) is 0 Å². The maximum Gasteiger partial charge on any atom is 0.249 e. The van der Waals surface area contributed by atoms with Crippen molar-refractivity contribution in [3.05, 3.63) is 65.2 Å². The van der Waals surface area contributed by atoms with Crippen molar-refractivity contribution in [2.45, 2.75) is 18.0 Å². The van der Waals surface area contributed by atoms with E-state index in [1.165, 1.54) is 7.11 Å². The number of rotatable bonds is 5. The van der Waals surface area contributed by atoms with Gasteiger partial charge in [-0.05, 0) is 35.9 Å². The fourth-order valence-corrected chi connectivity index (χ4v) is 4.54. The van der Waals surface area contributed by atoms with Gasteiger partial charge in [0.1, 0.15) is 12.4 Å². The summed E-state index contributed by atoms with van der Waals surface area (Å²) in [5.41, 5.74) is 2.75. The van der Waals surface area contributed by atoms with E-state index in [9.17, 15) is 14.7 Å². The number of piperazine rings is 1. The van der Waals surface area contributed by atoms with Crippen molar-refractivity contribution in [3.63, 3.8) is 0 Å². The van der Waals surface area contributed by atoms with Crippen molar-refractivity contribution in [2.24, 2.45) is 0 Å². The van der Waals surface area contributed by atoms with Gasteiger partial charge in [0.25, 0.3) is 0 Å². The first-order valence-corrected chi connectivity index (χ1v) is 10.5. The van der Waals surface area contributed by atoms with Crippen LogP contribution in [0.5, 0.6) is 5.75 Å². The second kappa shape index (κ2) is 9.43. The number of aliphatic hydroxyl groups excluding tert-OH is 1. The third-order valence-corrected chi connectivity index (χ3v) is 6.09. The molecule has 0 spiro atoms. The molecule has 2 amide bonds. The molecular formula is C25H26N2O5. The number of carbonyl (C=O) groups is 2. The highest BCUT2D eigenvalue weighted by atomic mass is 16.5. The molecule has 32 heavy (non-hydrogen) atoms. The van der Waals surface area contributed by atoms with E-state index in [0.29, 0.717) is 6.54 Å². The average Bonchev–Trinajstić information content (AvgIpc) is 2.80. The molecule has 3 atom stereocenters. The first kappa shape index (κ1) is 21.9. The van der Waals surface area contributed by atoms with E-state index in [1.54, 1.807) is 16.9 Å². The lowest BCUT2D eigenvalue weighted by molar-refractivity contribution is -0.168. The molecule has 1 N–H and O–H groups in total. The number of methoxy groups -OCH3 is 2. The topological polar surface area (TPSA) is 79.3 Å². The van der Waals surface area contributed by atoms with E-state index in [1.807, 2.05) is 48.5 Å². The van der Waals surface area contributed by atoms with Crippen molar-refractivity contribution < 1.29 is 24.2 Å². The second-order valence-corrected chi connectivity index (χ2v) is 7.96. The predicted octanol–water partition coefficient (Wildman–Crippen LogP) is 1.24. The highest BCUT2D eigenvalue weighted by Crippen LogP contribution is 2.42. The highest BCUT2D eigenvalue weighted by molar-refractivity contribution is 5.88. The van der Waals surface area contributed by atoms with Crippen LogP contribution in [0, 0.1) is 11.8 Å². The number of carbonyl (C=O) groups excluding carboxylic acids is 2. The van der Waals surface area contributed by atoms with E-state index in [-0.39, 0.29) is 49.6 Å². The molecule has 4 rings (SSSR count). The number of nitrogens with zero attached hydrogens (tertiary/aromatic N) is 2. The maximum atomic E-state index is 12.6. The van der Waals surface area contributed by atoms with Crippen LogP contribution in [0.15, 0.2) is 48.5 Å². The Balaban J connectivity index is 1.51. The quantitative estimate of drug-likeness (QED) is 0.717. The third-order valence-electron chi connectivity index (χ3n) is 6.09. The smallest absolute Gasteiger partial charge is 0.249 e. The SMILES string of the molecule is COCC(=O)N1CC(=O)N2[C@H](CO)[C@@H](c3ccc(C#Cc4cccc(OC)c4)cc3)[C@H]2C1. The van der Waals surface area contributed by atoms with E-state index in [0.717, 1.165) is 22.4 Å². The minimum atomic E-state index is -0.277. The molecule has 0 unspecified atom stereocenters. The van der Waals surface area contributed by atoms with E-state index in [4.69, 9.17) is 9.47 Å². The van der Waals surface area contributed by atoms with Crippen LogP contribution < -0.4 is 4.74 Å². The summed E-state index contributed by atoms with van der Waals surface area (Å²) in [5.74, 6) is 6.67. The Kier molecular flexibility index (Phi) is 6.45. The number of hydrogen-bond acceptors (Lipinski definition) is 5. The number of amides is 2. The Bertz CT molecular complexity index is 1060. The molecule has 7 heteroatoms. The molecule has 0 aromatic heterocycles. The zero-order chi connectivity index (χ0) is 22.7. The minimum Gasteiger partial charge on any atom is -0.497 e. The monoisotopic (exact) mass is 434 g/mol. The molecule has 0 radical (unpaired) electrons. The molecule has 2 aromatic rings. The molecule has 0 bridgehead atoms. The first-order chi connectivity index (χ1) is 15.5. The van der Waals surface area contributed by atoms with Crippen molar-refractivity contribution in [3.8, 4) is 17.6 Å². The van der Waals surface area contributed by atoms with Gasteiger partial charge in [-0.15, -0.1) is 0 Å². The summed E-state index contributed by atoms with van der Waals surface area (Å²) in [6.45, 7) is 0.304. The van der Waals surface area contributed by atoms with Gasteiger partial charge >= 0.3 is 0 Å². The third kappa shape index (κ3) is 4.20. The molecule has 7 nitrogen and oxygen atoms in total. The Hall–Kier alpha value is -3.34. The fraction of sp³-hybridized carbons (Fsp3) is 0.360. The molecule has 0 saturated carbocycles. The Morgan fingerprint density at radius 1 is 1.12 bits per heavy atom. The predicted molar refractivity (Wildman–Crippen MR) is 118 cm³/mol. The fourth-order valence-electron chi connectivity index (χ4n) is 4.54. The molecule has 2 aliphatic heterocycles. The van der Waals surface area contributed by atoms with Gasteiger partial charge in [-0.25, -0.2) is 0 Å². The number of fused-ring (bicyclic) bond motifs is 1. The molecule has 2 saturated heterocycles. The number of hydrogen-bond donors (Lipinski definition) is 1. The lowest BCUT2D eigenvalue weighted by Gasteiger charge is -2.58. The van der Waals surface area contributed by atoms with Crippen LogP contribution in [0.2, 0.25) is 0 Å². The summed E-state index contributed by atoms with van der Waals surface area (Å²) in [6, 6.07) is 15.0. The Morgan fingerprint density at radius 3 is 2.56 bits per heavy atom. The highest BCUT2D eigenvalue weighted by Gasteiger charge is 2.54. The second-order valence-electron chi connectivity index (χ2n) is 7.96. The number of benzene rings is 2. The van der Waals surface area contributed by atoms with Crippen LogP contribution >= 0.6 is 0 Å². The van der Waals surface area contributed by atoms with Gasteiger partial charge < -0.3 is 24.4 Å². The van der Waals surface area contributed by atoms with Crippen LogP contribution in [-0.4, -0.2) is 79.3 Å². The normalized spacial score (nSPS) is 21.8. The first-order valence-electron chi connectivity index (χ1n) is 10.5. The molecular weight excluding hydrogens is 408 g/mol. The molecule has 2 heterocycles. The van der Waals surface area contributed by atoms with Crippen LogP contribution in [0.25, 0.3) is 0 Å². The lowest BCUT2D eigenvalue weighted by Crippen LogP contribution is -2.73. The van der Waals surface area contributed by atoms with Crippen molar-refractivity contribution in [1.82, 2.24) is 9.80 Å². The largest absolute Gasteiger partial charge is 0.497 e. The summed E-state index contributed by atoms with van der Waals surface area (Å²) in [5, 5.41) is 9.91. The molecule has 2 aliphatic rings. The van der Waals surface area contributed by atoms with Gasteiger partial charge in [0, 0.05) is 30.7 Å². The van der Waals surface area contributed by atoms with E-state index < -0.39 is 0 Å². The molecule has 166 valence electrons. The van der Waals surface area contributed by atoms with E-state index >= 15 is 0 Å². The van der Waals surface area contributed by atoms with Gasteiger partial charge in [0.2, 0.25) is 11.8 Å². The summed E-state index contributed by atoms with van der Waals surface area (Å²) >= 11 is 0. The molecule has 2 fully saturated rings. The zero-order valence-corrected chi connectivity index (χ0v) is 18.2. The van der Waals surface area contributed by atoms with Crippen molar-refractivity contribution in [1.29, 1.82) is 0 Å².